The van der Waals surface area contributed by atoms with Crippen LogP contribution in [0.25, 0.3) is 0 Å². The molecule has 4 aromatic carbocycles. The molecule has 0 aromatic heterocycles. The number of carbonyl (C=O) groups excluding carboxylic acids is 2. The number of benzene rings is 4. The molecule has 4 aromatic rings. The van der Waals surface area contributed by atoms with Gasteiger partial charge in [-0.3, -0.25) is 13.9 Å². The van der Waals surface area contributed by atoms with Crippen molar-refractivity contribution in [3.05, 3.63) is 126 Å². The number of nitrogens with one attached hydrogen (secondary N) is 1. The van der Waals surface area contributed by atoms with Crippen molar-refractivity contribution in [1.29, 1.82) is 0 Å². The summed E-state index contributed by atoms with van der Waals surface area (Å²) >= 11 is 0. The zero-order valence-electron chi connectivity index (χ0n) is 26.2. The molecule has 0 fully saturated rings. The van der Waals surface area contributed by atoms with E-state index in [0.29, 0.717) is 18.0 Å². The van der Waals surface area contributed by atoms with Gasteiger partial charge in [0.05, 0.1) is 17.2 Å². The first-order valence-electron chi connectivity index (χ1n) is 15.0. The van der Waals surface area contributed by atoms with E-state index in [0.717, 1.165) is 15.4 Å². The molecule has 0 spiro atoms. The Bertz CT molecular complexity index is 1640. The maximum absolute atomic E-state index is 14.5. The number of ether oxygens (including phenoxy) is 1. The van der Waals surface area contributed by atoms with Crippen LogP contribution in [0.2, 0.25) is 0 Å². The maximum atomic E-state index is 14.5. The SMILES string of the molecule is CCOc1ccc(S(=O)(=O)N(CC(=O)N(Cc2ccccc2)[C@H](Cc2ccccc2)C(=O)NC(C)(C)C)c2ccccc2)cc1. The Hall–Kier alpha value is -4.63. The summed E-state index contributed by atoms with van der Waals surface area (Å²) in [4.78, 5) is 29.9. The summed E-state index contributed by atoms with van der Waals surface area (Å²) in [5, 5.41) is 3.04. The Balaban J connectivity index is 1.77. The molecule has 0 aliphatic carbocycles. The van der Waals surface area contributed by atoms with Crippen molar-refractivity contribution in [3.8, 4) is 5.75 Å². The molecular formula is C36H41N3O5S. The van der Waals surface area contributed by atoms with Crippen molar-refractivity contribution in [2.45, 2.75) is 57.1 Å². The molecule has 1 atom stereocenters. The zero-order valence-corrected chi connectivity index (χ0v) is 27.0. The second kappa shape index (κ2) is 14.9. The van der Waals surface area contributed by atoms with Gasteiger partial charge in [-0.15, -0.1) is 0 Å². The molecule has 2 amide bonds. The predicted molar refractivity (Wildman–Crippen MR) is 177 cm³/mol. The second-order valence-electron chi connectivity index (χ2n) is 11.7. The lowest BCUT2D eigenvalue weighted by molar-refractivity contribution is -0.140. The number of amides is 2. The maximum Gasteiger partial charge on any atom is 0.264 e. The van der Waals surface area contributed by atoms with Gasteiger partial charge in [-0.2, -0.15) is 0 Å². The highest BCUT2D eigenvalue weighted by Gasteiger charge is 2.35. The molecule has 8 nitrogen and oxygen atoms in total. The topological polar surface area (TPSA) is 96.0 Å². The van der Waals surface area contributed by atoms with E-state index in [4.69, 9.17) is 4.74 Å². The van der Waals surface area contributed by atoms with E-state index in [1.54, 1.807) is 42.5 Å². The van der Waals surface area contributed by atoms with E-state index in [1.807, 2.05) is 88.4 Å². The molecule has 0 radical (unpaired) electrons. The van der Waals surface area contributed by atoms with Gasteiger partial charge in [-0.25, -0.2) is 8.42 Å². The third kappa shape index (κ3) is 9.18. The van der Waals surface area contributed by atoms with E-state index in [9.17, 15) is 18.0 Å². The lowest BCUT2D eigenvalue weighted by atomic mass is 10.0. The fourth-order valence-electron chi connectivity index (χ4n) is 4.91. The molecule has 45 heavy (non-hydrogen) atoms. The van der Waals surface area contributed by atoms with Gasteiger partial charge in [-0.05, 0) is 75.2 Å². The quantitative estimate of drug-likeness (QED) is 0.201. The molecule has 0 aliphatic rings. The standard InChI is InChI=1S/C36H41N3O5S/c1-5-44-31-21-23-32(24-22-31)45(42,43)39(30-19-13-8-14-20-30)27-34(40)38(26-29-17-11-7-12-18-29)33(35(41)37-36(2,3)4)25-28-15-9-6-10-16-28/h6-24,33H,5,25-27H2,1-4H3,(H,37,41)/t33-/m1/s1. The fraction of sp³-hybridized carbons (Fsp3) is 0.278. The van der Waals surface area contributed by atoms with Crippen LogP contribution in [0, 0.1) is 0 Å². The molecule has 0 heterocycles. The van der Waals surface area contributed by atoms with Gasteiger partial charge in [0.2, 0.25) is 11.8 Å². The van der Waals surface area contributed by atoms with Gasteiger partial charge in [0.15, 0.2) is 0 Å². The van der Waals surface area contributed by atoms with Crippen molar-refractivity contribution in [1.82, 2.24) is 10.2 Å². The van der Waals surface area contributed by atoms with Crippen molar-refractivity contribution in [3.63, 3.8) is 0 Å². The van der Waals surface area contributed by atoms with Gasteiger partial charge in [-0.1, -0.05) is 78.9 Å². The van der Waals surface area contributed by atoms with Crippen LogP contribution >= 0.6 is 0 Å². The summed E-state index contributed by atoms with van der Waals surface area (Å²) in [7, 11) is -4.19. The minimum absolute atomic E-state index is 0.0172. The van der Waals surface area contributed by atoms with Crippen LogP contribution in [0.1, 0.15) is 38.8 Å². The largest absolute Gasteiger partial charge is 0.494 e. The highest BCUT2D eigenvalue weighted by Crippen LogP contribution is 2.26. The molecule has 0 aliphatic heterocycles. The summed E-state index contributed by atoms with van der Waals surface area (Å²) in [5.74, 6) is -0.292. The molecule has 1 N–H and O–H groups in total. The van der Waals surface area contributed by atoms with Gasteiger partial charge < -0.3 is 15.0 Å². The van der Waals surface area contributed by atoms with Crippen LogP contribution in [0.3, 0.4) is 0 Å². The minimum atomic E-state index is -4.19. The number of hydrogen-bond donors (Lipinski definition) is 1. The van der Waals surface area contributed by atoms with E-state index >= 15 is 0 Å². The van der Waals surface area contributed by atoms with Crippen LogP contribution in [-0.4, -0.2) is 49.9 Å². The first kappa shape index (κ1) is 33.3. The Morgan fingerprint density at radius 1 is 0.778 bits per heavy atom. The first-order valence-corrected chi connectivity index (χ1v) is 16.4. The van der Waals surface area contributed by atoms with Crippen molar-refractivity contribution in [2.75, 3.05) is 17.5 Å². The zero-order chi connectivity index (χ0) is 32.5. The van der Waals surface area contributed by atoms with Crippen molar-refractivity contribution in [2.24, 2.45) is 0 Å². The van der Waals surface area contributed by atoms with Crippen LogP contribution in [0.5, 0.6) is 5.75 Å². The lowest BCUT2D eigenvalue weighted by Gasteiger charge is -2.35. The molecule has 4 rings (SSSR count). The molecule has 0 saturated heterocycles. The Kier molecular flexibility index (Phi) is 11.0. The summed E-state index contributed by atoms with van der Waals surface area (Å²) in [6.45, 7) is 7.54. The number of rotatable bonds is 13. The second-order valence-corrected chi connectivity index (χ2v) is 13.6. The van der Waals surface area contributed by atoms with Crippen LogP contribution < -0.4 is 14.4 Å². The summed E-state index contributed by atoms with van der Waals surface area (Å²) in [6, 6.07) is 32.6. The van der Waals surface area contributed by atoms with Crippen LogP contribution in [0.4, 0.5) is 5.69 Å². The third-order valence-corrected chi connectivity index (χ3v) is 8.80. The predicted octanol–water partition coefficient (Wildman–Crippen LogP) is 5.84. The van der Waals surface area contributed by atoms with Gasteiger partial charge in [0, 0.05) is 18.5 Å². The van der Waals surface area contributed by atoms with Crippen molar-refractivity contribution >= 4 is 27.5 Å². The summed E-state index contributed by atoms with van der Waals surface area (Å²) in [6.07, 6.45) is 0.248. The number of nitrogens with zero attached hydrogens (tertiary/aromatic N) is 2. The molecular weight excluding hydrogens is 586 g/mol. The number of carbonyl (C=O) groups is 2. The normalized spacial score (nSPS) is 12.2. The highest BCUT2D eigenvalue weighted by molar-refractivity contribution is 7.92. The van der Waals surface area contributed by atoms with Crippen LogP contribution in [-0.2, 0) is 32.6 Å². The number of anilines is 1. The number of para-hydroxylation sites is 1. The Labute approximate surface area is 266 Å². The highest BCUT2D eigenvalue weighted by atomic mass is 32.2. The van der Waals surface area contributed by atoms with Gasteiger partial charge in [0.1, 0.15) is 18.3 Å². The van der Waals surface area contributed by atoms with Gasteiger partial charge in [0.25, 0.3) is 10.0 Å². The third-order valence-electron chi connectivity index (χ3n) is 7.01. The van der Waals surface area contributed by atoms with Gasteiger partial charge >= 0.3 is 0 Å². The van der Waals surface area contributed by atoms with Crippen LogP contribution in [0.15, 0.2) is 120 Å². The smallest absolute Gasteiger partial charge is 0.264 e. The van der Waals surface area contributed by atoms with E-state index in [-0.39, 0.29) is 23.8 Å². The molecule has 0 bridgehead atoms. The Morgan fingerprint density at radius 3 is 1.84 bits per heavy atom. The number of hydrogen-bond acceptors (Lipinski definition) is 5. The molecule has 9 heteroatoms. The summed E-state index contributed by atoms with van der Waals surface area (Å²) in [5.41, 5.74) is 1.46. The Morgan fingerprint density at radius 2 is 1.31 bits per heavy atom. The average molecular weight is 628 g/mol. The summed E-state index contributed by atoms with van der Waals surface area (Å²) < 4.78 is 34.9. The minimum Gasteiger partial charge on any atom is -0.494 e. The van der Waals surface area contributed by atoms with E-state index < -0.39 is 34.1 Å². The van der Waals surface area contributed by atoms with Crippen molar-refractivity contribution < 1.29 is 22.7 Å². The fourth-order valence-corrected chi connectivity index (χ4v) is 6.33. The lowest BCUT2D eigenvalue weighted by Crippen LogP contribution is -2.56. The monoisotopic (exact) mass is 627 g/mol. The van der Waals surface area contributed by atoms with E-state index in [2.05, 4.69) is 5.32 Å². The molecule has 0 unspecified atom stereocenters. The van der Waals surface area contributed by atoms with E-state index in [1.165, 1.54) is 17.0 Å². The average Bonchev–Trinajstić information content (AvgIpc) is 3.02. The molecule has 236 valence electrons. The first-order chi connectivity index (χ1) is 21.5. The molecule has 0 saturated carbocycles. The number of sulfonamides is 1.